The van der Waals surface area contributed by atoms with E-state index in [2.05, 4.69) is 10.2 Å². The predicted molar refractivity (Wildman–Crippen MR) is 49.0 cm³/mol. The Kier molecular flexibility index (Phi) is 2.40. The molecule has 0 aromatic carbocycles. The van der Waals surface area contributed by atoms with Crippen molar-refractivity contribution >= 4 is 5.69 Å². The van der Waals surface area contributed by atoms with Crippen molar-refractivity contribution in [1.82, 2.24) is 10.2 Å². The normalized spacial score (nSPS) is 22.9. The summed E-state index contributed by atoms with van der Waals surface area (Å²) in [6, 6.07) is 1.84. The van der Waals surface area contributed by atoms with Crippen molar-refractivity contribution in [1.29, 1.82) is 0 Å². The lowest BCUT2D eigenvalue weighted by Gasteiger charge is -2.21. The van der Waals surface area contributed by atoms with Gasteiger partial charge in [0.25, 0.3) is 0 Å². The molecule has 13 heavy (non-hydrogen) atoms. The lowest BCUT2D eigenvalue weighted by molar-refractivity contribution is 0.0118. The zero-order valence-corrected chi connectivity index (χ0v) is 7.44. The van der Waals surface area contributed by atoms with Crippen LogP contribution in [0.5, 0.6) is 0 Å². The molecule has 0 amide bonds. The van der Waals surface area contributed by atoms with E-state index in [0.29, 0.717) is 5.69 Å². The van der Waals surface area contributed by atoms with Gasteiger partial charge < -0.3 is 10.5 Å². The van der Waals surface area contributed by atoms with Crippen molar-refractivity contribution < 1.29 is 4.74 Å². The van der Waals surface area contributed by atoms with Crippen LogP contribution >= 0.6 is 0 Å². The highest BCUT2D eigenvalue weighted by atomic mass is 16.5. The number of nitrogens with zero attached hydrogens (tertiary/aromatic N) is 2. The van der Waals surface area contributed by atoms with Gasteiger partial charge in [0.1, 0.15) is 6.10 Å². The zero-order chi connectivity index (χ0) is 9.10. The number of ether oxygens (including phenoxy) is 1. The molecule has 1 unspecified atom stereocenters. The van der Waals surface area contributed by atoms with E-state index >= 15 is 0 Å². The first-order valence-electron chi connectivity index (χ1n) is 4.56. The second-order valence-corrected chi connectivity index (χ2v) is 3.27. The van der Waals surface area contributed by atoms with Crippen LogP contribution in [0.25, 0.3) is 0 Å². The van der Waals surface area contributed by atoms with Crippen LogP contribution < -0.4 is 5.73 Å². The minimum absolute atomic E-state index is 0.102. The van der Waals surface area contributed by atoms with E-state index in [1.165, 1.54) is 6.42 Å². The molecule has 0 radical (unpaired) electrons. The molecular weight excluding hydrogens is 166 g/mol. The topological polar surface area (TPSA) is 61.0 Å². The third kappa shape index (κ3) is 1.95. The zero-order valence-electron chi connectivity index (χ0n) is 7.44. The van der Waals surface area contributed by atoms with Crippen LogP contribution in [0.2, 0.25) is 0 Å². The third-order valence-corrected chi connectivity index (χ3v) is 2.20. The van der Waals surface area contributed by atoms with Crippen molar-refractivity contribution in [2.75, 3.05) is 12.3 Å². The number of hydrogen-bond donors (Lipinski definition) is 1. The second-order valence-electron chi connectivity index (χ2n) is 3.27. The van der Waals surface area contributed by atoms with E-state index < -0.39 is 0 Å². The smallest absolute Gasteiger partial charge is 0.101 e. The van der Waals surface area contributed by atoms with Gasteiger partial charge in [0.15, 0.2) is 0 Å². The van der Waals surface area contributed by atoms with Crippen LogP contribution in [0, 0.1) is 0 Å². The molecule has 1 aliphatic rings. The number of nitrogens with two attached hydrogens (primary N) is 1. The number of aromatic nitrogens is 2. The first kappa shape index (κ1) is 8.44. The summed E-state index contributed by atoms with van der Waals surface area (Å²) in [7, 11) is 0. The highest BCUT2D eigenvalue weighted by molar-refractivity contribution is 5.35. The molecule has 1 aromatic heterocycles. The summed E-state index contributed by atoms with van der Waals surface area (Å²) in [5.41, 5.74) is 7.12. The molecule has 0 bridgehead atoms. The third-order valence-electron chi connectivity index (χ3n) is 2.20. The number of anilines is 1. The average Bonchev–Trinajstić information content (AvgIpc) is 2.19. The standard InChI is InChI=1S/C9H13N3O/c10-7-5-8(12-11-6-7)9-3-1-2-4-13-9/h5-6,9H,1-4H2,(H2,10,12). The molecule has 1 atom stereocenters. The summed E-state index contributed by atoms with van der Waals surface area (Å²) in [6.45, 7) is 0.821. The quantitative estimate of drug-likeness (QED) is 0.705. The van der Waals surface area contributed by atoms with Gasteiger partial charge in [-0.3, -0.25) is 0 Å². The fourth-order valence-electron chi connectivity index (χ4n) is 1.53. The molecule has 1 aromatic rings. The number of rotatable bonds is 1. The molecule has 1 saturated heterocycles. The van der Waals surface area contributed by atoms with E-state index in [4.69, 9.17) is 10.5 Å². The lowest BCUT2D eigenvalue weighted by atomic mass is 10.1. The molecule has 2 rings (SSSR count). The van der Waals surface area contributed by atoms with Gasteiger partial charge in [0, 0.05) is 6.61 Å². The molecular formula is C9H13N3O. The molecule has 1 aliphatic heterocycles. The minimum atomic E-state index is 0.102. The molecule has 4 heteroatoms. The van der Waals surface area contributed by atoms with Crippen molar-refractivity contribution in [2.45, 2.75) is 25.4 Å². The highest BCUT2D eigenvalue weighted by Gasteiger charge is 2.17. The Morgan fingerprint density at radius 1 is 1.46 bits per heavy atom. The van der Waals surface area contributed by atoms with E-state index in [-0.39, 0.29) is 6.10 Å². The first-order chi connectivity index (χ1) is 6.36. The van der Waals surface area contributed by atoms with E-state index in [9.17, 15) is 0 Å². The second kappa shape index (κ2) is 3.70. The average molecular weight is 179 g/mol. The fourth-order valence-corrected chi connectivity index (χ4v) is 1.53. The summed E-state index contributed by atoms with van der Waals surface area (Å²) < 4.78 is 5.56. The van der Waals surface area contributed by atoms with Crippen molar-refractivity contribution in [2.24, 2.45) is 0 Å². The van der Waals surface area contributed by atoms with Crippen molar-refractivity contribution in [3.05, 3.63) is 18.0 Å². The molecule has 0 spiro atoms. The van der Waals surface area contributed by atoms with Gasteiger partial charge in [0.2, 0.25) is 0 Å². The summed E-state index contributed by atoms with van der Waals surface area (Å²) in [5, 5.41) is 7.81. The van der Waals surface area contributed by atoms with Crippen LogP contribution in [0.3, 0.4) is 0 Å². The van der Waals surface area contributed by atoms with Gasteiger partial charge >= 0.3 is 0 Å². The summed E-state index contributed by atoms with van der Waals surface area (Å²) in [4.78, 5) is 0. The van der Waals surface area contributed by atoms with Gasteiger partial charge in [-0.25, -0.2) is 0 Å². The Labute approximate surface area is 77.1 Å². The lowest BCUT2D eigenvalue weighted by Crippen LogP contribution is -2.13. The fraction of sp³-hybridized carbons (Fsp3) is 0.556. The van der Waals surface area contributed by atoms with Gasteiger partial charge in [0.05, 0.1) is 17.6 Å². The molecule has 0 saturated carbocycles. The molecule has 70 valence electrons. The van der Waals surface area contributed by atoms with Gasteiger partial charge in [-0.15, -0.1) is 0 Å². The van der Waals surface area contributed by atoms with Crippen LogP contribution in [0.15, 0.2) is 12.3 Å². The predicted octanol–water partition coefficient (Wildman–Crippen LogP) is 1.30. The van der Waals surface area contributed by atoms with E-state index in [0.717, 1.165) is 25.1 Å². The van der Waals surface area contributed by atoms with Gasteiger partial charge in [-0.1, -0.05) is 0 Å². The SMILES string of the molecule is Nc1cnnc(C2CCCCO2)c1. The van der Waals surface area contributed by atoms with Crippen LogP contribution in [-0.4, -0.2) is 16.8 Å². The Morgan fingerprint density at radius 3 is 3.08 bits per heavy atom. The minimum Gasteiger partial charge on any atom is -0.397 e. The Morgan fingerprint density at radius 2 is 2.38 bits per heavy atom. The van der Waals surface area contributed by atoms with Crippen LogP contribution in [0.4, 0.5) is 5.69 Å². The molecule has 0 aliphatic carbocycles. The maximum absolute atomic E-state index is 5.61. The summed E-state index contributed by atoms with van der Waals surface area (Å²) in [6.07, 6.45) is 5.02. The maximum Gasteiger partial charge on any atom is 0.101 e. The Hall–Kier alpha value is -1.16. The van der Waals surface area contributed by atoms with Crippen molar-refractivity contribution in [3.8, 4) is 0 Å². The van der Waals surface area contributed by atoms with Gasteiger partial charge in [-0.05, 0) is 25.3 Å². The first-order valence-corrected chi connectivity index (χ1v) is 4.56. The van der Waals surface area contributed by atoms with E-state index in [1.54, 1.807) is 6.20 Å². The largest absolute Gasteiger partial charge is 0.397 e. The van der Waals surface area contributed by atoms with E-state index in [1.807, 2.05) is 6.07 Å². The summed E-state index contributed by atoms with van der Waals surface area (Å²) >= 11 is 0. The maximum atomic E-state index is 5.61. The van der Waals surface area contributed by atoms with Gasteiger partial charge in [-0.2, -0.15) is 10.2 Å². The monoisotopic (exact) mass is 179 g/mol. The Balaban J connectivity index is 2.14. The van der Waals surface area contributed by atoms with Crippen LogP contribution in [0.1, 0.15) is 31.1 Å². The molecule has 2 heterocycles. The molecule has 1 fully saturated rings. The molecule has 4 nitrogen and oxygen atoms in total. The number of hydrogen-bond acceptors (Lipinski definition) is 4. The van der Waals surface area contributed by atoms with Crippen molar-refractivity contribution in [3.63, 3.8) is 0 Å². The Bertz CT molecular complexity index is 284. The highest BCUT2D eigenvalue weighted by Crippen LogP contribution is 2.26. The molecule has 2 N–H and O–H groups in total. The van der Waals surface area contributed by atoms with Crippen LogP contribution in [-0.2, 0) is 4.74 Å². The summed E-state index contributed by atoms with van der Waals surface area (Å²) in [5.74, 6) is 0. The number of nitrogen functional groups attached to an aromatic ring is 1.